The molecule has 5 heteroatoms. The first kappa shape index (κ1) is 14.3. The number of hydrogen-bond donors (Lipinski definition) is 1. The molecule has 1 aromatic rings. The van der Waals surface area contributed by atoms with Crippen LogP contribution in [0.4, 0.5) is 5.69 Å². The molecule has 1 aliphatic heterocycles. The molecule has 1 fully saturated rings. The SMILES string of the molecule is Cc1ccc(N(C)S(=O)(=O)CC2CCCCN2)cc1. The molecular formula is C14H22N2O2S. The molecule has 4 nitrogen and oxygen atoms in total. The molecule has 106 valence electrons. The van der Waals surface area contributed by atoms with Gasteiger partial charge in [-0.25, -0.2) is 8.42 Å². The molecule has 1 saturated heterocycles. The van der Waals surface area contributed by atoms with Crippen molar-refractivity contribution < 1.29 is 8.42 Å². The zero-order valence-corrected chi connectivity index (χ0v) is 12.4. The molecule has 1 N–H and O–H groups in total. The molecule has 1 heterocycles. The van der Waals surface area contributed by atoms with Gasteiger partial charge >= 0.3 is 0 Å². The zero-order valence-electron chi connectivity index (χ0n) is 11.6. The molecule has 1 atom stereocenters. The van der Waals surface area contributed by atoms with Crippen LogP contribution in [-0.4, -0.2) is 33.8 Å². The van der Waals surface area contributed by atoms with Crippen LogP contribution >= 0.6 is 0 Å². The fourth-order valence-corrected chi connectivity index (χ4v) is 3.81. The van der Waals surface area contributed by atoms with Gasteiger partial charge in [0.2, 0.25) is 10.0 Å². The first-order chi connectivity index (χ1) is 8.99. The van der Waals surface area contributed by atoms with Crippen molar-refractivity contribution in [1.29, 1.82) is 0 Å². The average molecular weight is 282 g/mol. The number of benzene rings is 1. The minimum Gasteiger partial charge on any atom is -0.313 e. The Bertz CT molecular complexity index is 505. The van der Waals surface area contributed by atoms with Crippen molar-refractivity contribution in [2.75, 3.05) is 23.7 Å². The summed E-state index contributed by atoms with van der Waals surface area (Å²) >= 11 is 0. The third-order valence-electron chi connectivity index (χ3n) is 3.64. The Balaban J connectivity index is 2.07. The lowest BCUT2D eigenvalue weighted by Gasteiger charge is -2.26. The van der Waals surface area contributed by atoms with Crippen LogP contribution in [-0.2, 0) is 10.0 Å². The molecule has 1 unspecified atom stereocenters. The fraction of sp³-hybridized carbons (Fsp3) is 0.571. The number of piperidine rings is 1. The maximum atomic E-state index is 12.4. The molecule has 0 radical (unpaired) electrons. The summed E-state index contributed by atoms with van der Waals surface area (Å²) in [6, 6.07) is 7.65. The lowest BCUT2D eigenvalue weighted by atomic mass is 10.1. The maximum absolute atomic E-state index is 12.4. The van der Waals surface area contributed by atoms with Gasteiger partial charge in [-0.2, -0.15) is 0 Å². The first-order valence-corrected chi connectivity index (χ1v) is 8.36. The predicted octanol–water partition coefficient (Wildman–Crippen LogP) is 1.90. The molecule has 0 amide bonds. The molecule has 0 bridgehead atoms. The number of nitrogens with one attached hydrogen (secondary N) is 1. The summed E-state index contributed by atoms with van der Waals surface area (Å²) in [6.45, 7) is 2.92. The minimum atomic E-state index is -3.25. The van der Waals surface area contributed by atoms with Gasteiger partial charge in [0.15, 0.2) is 0 Å². The van der Waals surface area contributed by atoms with Gasteiger partial charge in [-0.1, -0.05) is 24.1 Å². The van der Waals surface area contributed by atoms with Crippen molar-refractivity contribution >= 4 is 15.7 Å². The molecule has 1 aliphatic rings. The van der Waals surface area contributed by atoms with Crippen LogP contribution in [0.1, 0.15) is 24.8 Å². The normalized spacial score (nSPS) is 20.2. The van der Waals surface area contributed by atoms with Crippen molar-refractivity contribution in [1.82, 2.24) is 5.32 Å². The molecule has 0 saturated carbocycles. The second kappa shape index (κ2) is 5.92. The minimum absolute atomic E-state index is 0.0895. The lowest BCUT2D eigenvalue weighted by molar-refractivity contribution is 0.423. The summed E-state index contributed by atoms with van der Waals surface area (Å²) in [7, 11) is -1.63. The Morgan fingerprint density at radius 1 is 1.26 bits per heavy atom. The Morgan fingerprint density at radius 2 is 1.95 bits per heavy atom. The number of anilines is 1. The molecule has 19 heavy (non-hydrogen) atoms. The molecule has 0 aliphatic carbocycles. The van der Waals surface area contributed by atoms with Crippen molar-refractivity contribution in [3.63, 3.8) is 0 Å². The van der Waals surface area contributed by atoms with E-state index in [1.807, 2.05) is 31.2 Å². The van der Waals surface area contributed by atoms with Crippen LogP contribution in [0.3, 0.4) is 0 Å². The van der Waals surface area contributed by atoms with Crippen molar-refractivity contribution in [3.8, 4) is 0 Å². The Labute approximate surface area is 115 Å². The first-order valence-electron chi connectivity index (χ1n) is 6.76. The number of rotatable bonds is 4. The van der Waals surface area contributed by atoms with E-state index in [9.17, 15) is 8.42 Å². The Kier molecular flexibility index (Phi) is 4.47. The highest BCUT2D eigenvalue weighted by Crippen LogP contribution is 2.19. The van der Waals surface area contributed by atoms with E-state index in [0.717, 1.165) is 37.1 Å². The molecule has 0 spiro atoms. The highest BCUT2D eigenvalue weighted by Gasteiger charge is 2.24. The van der Waals surface area contributed by atoms with Crippen molar-refractivity contribution in [2.24, 2.45) is 0 Å². The Hall–Kier alpha value is -1.07. The van der Waals surface area contributed by atoms with Crippen LogP contribution < -0.4 is 9.62 Å². The van der Waals surface area contributed by atoms with Gasteiger partial charge in [0, 0.05) is 13.1 Å². The van der Waals surface area contributed by atoms with Crippen LogP contribution in [0.5, 0.6) is 0 Å². The van der Waals surface area contributed by atoms with Gasteiger partial charge in [-0.3, -0.25) is 4.31 Å². The van der Waals surface area contributed by atoms with Crippen LogP contribution in [0.25, 0.3) is 0 Å². The quantitative estimate of drug-likeness (QED) is 0.917. The summed E-state index contributed by atoms with van der Waals surface area (Å²) in [4.78, 5) is 0. The van der Waals surface area contributed by atoms with Gasteiger partial charge in [-0.15, -0.1) is 0 Å². The van der Waals surface area contributed by atoms with Gasteiger partial charge in [0.05, 0.1) is 11.4 Å². The largest absolute Gasteiger partial charge is 0.313 e. The third-order valence-corrected chi connectivity index (χ3v) is 5.51. The van der Waals surface area contributed by atoms with E-state index < -0.39 is 10.0 Å². The molecule has 2 rings (SSSR count). The summed E-state index contributed by atoms with van der Waals surface area (Å²) in [6.07, 6.45) is 3.20. The van der Waals surface area contributed by atoms with Gasteiger partial charge in [-0.05, 0) is 38.4 Å². The molecule has 0 aromatic heterocycles. The van der Waals surface area contributed by atoms with E-state index in [2.05, 4.69) is 5.32 Å². The van der Waals surface area contributed by atoms with E-state index in [1.54, 1.807) is 7.05 Å². The second-order valence-electron chi connectivity index (χ2n) is 5.23. The molecule has 1 aromatic carbocycles. The van der Waals surface area contributed by atoms with Crippen LogP contribution in [0, 0.1) is 6.92 Å². The highest BCUT2D eigenvalue weighted by molar-refractivity contribution is 7.92. The standard InChI is InChI=1S/C14H22N2O2S/c1-12-6-8-14(9-7-12)16(2)19(17,18)11-13-5-3-4-10-15-13/h6-9,13,15H,3-5,10-11H2,1-2H3. The van der Waals surface area contributed by atoms with Crippen molar-refractivity contribution in [2.45, 2.75) is 32.2 Å². The van der Waals surface area contributed by atoms with E-state index in [0.29, 0.717) is 0 Å². The molecular weight excluding hydrogens is 260 g/mol. The monoisotopic (exact) mass is 282 g/mol. The highest BCUT2D eigenvalue weighted by atomic mass is 32.2. The van der Waals surface area contributed by atoms with Crippen molar-refractivity contribution in [3.05, 3.63) is 29.8 Å². The Morgan fingerprint density at radius 3 is 2.53 bits per heavy atom. The number of nitrogens with zero attached hydrogens (tertiary/aromatic N) is 1. The predicted molar refractivity (Wildman–Crippen MR) is 79.0 cm³/mol. The summed E-state index contributed by atoms with van der Waals surface area (Å²) in [5.74, 6) is 0.178. The van der Waals surface area contributed by atoms with Crippen LogP contribution in [0.2, 0.25) is 0 Å². The van der Waals surface area contributed by atoms with E-state index in [-0.39, 0.29) is 11.8 Å². The van der Waals surface area contributed by atoms with Crippen LogP contribution in [0.15, 0.2) is 24.3 Å². The maximum Gasteiger partial charge on any atom is 0.236 e. The number of sulfonamides is 1. The van der Waals surface area contributed by atoms with E-state index in [4.69, 9.17) is 0 Å². The van der Waals surface area contributed by atoms with Gasteiger partial charge < -0.3 is 5.32 Å². The van der Waals surface area contributed by atoms with E-state index in [1.165, 1.54) is 4.31 Å². The third kappa shape index (κ3) is 3.70. The van der Waals surface area contributed by atoms with Gasteiger partial charge in [0.25, 0.3) is 0 Å². The summed E-state index contributed by atoms with van der Waals surface area (Å²) in [5.41, 5.74) is 1.85. The van der Waals surface area contributed by atoms with Gasteiger partial charge in [0.1, 0.15) is 0 Å². The van der Waals surface area contributed by atoms with E-state index >= 15 is 0 Å². The number of hydrogen-bond acceptors (Lipinski definition) is 3. The number of aryl methyl sites for hydroxylation is 1. The second-order valence-corrected chi connectivity index (χ2v) is 7.27. The smallest absolute Gasteiger partial charge is 0.236 e. The zero-order chi connectivity index (χ0) is 13.9. The fourth-order valence-electron chi connectivity index (χ4n) is 2.35. The average Bonchev–Trinajstić information content (AvgIpc) is 2.39. The lowest BCUT2D eigenvalue weighted by Crippen LogP contribution is -2.43. The summed E-state index contributed by atoms with van der Waals surface area (Å²) in [5, 5.41) is 3.28. The summed E-state index contributed by atoms with van der Waals surface area (Å²) < 4.78 is 26.1. The topological polar surface area (TPSA) is 49.4 Å².